The lowest BCUT2D eigenvalue weighted by Gasteiger charge is -2.17. The summed E-state index contributed by atoms with van der Waals surface area (Å²) < 4.78 is 13.3. The first-order valence-electron chi connectivity index (χ1n) is 9.23. The summed E-state index contributed by atoms with van der Waals surface area (Å²) in [6.45, 7) is 1.77. The number of hydrogen-bond donors (Lipinski definition) is 0. The lowest BCUT2D eigenvalue weighted by Crippen LogP contribution is -2.26. The number of aromatic nitrogens is 4. The molecule has 4 aromatic rings. The van der Waals surface area contributed by atoms with E-state index in [4.69, 9.17) is 8.94 Å². The Morgan fingerprint density at radius 2 is 1.96 bits per heavy atom. The molecule has 3 heterocycles. The molecule has 0 aliphatic heterocycles. The molecular weight excluding hydrogens is 424 g/mol. The van der Waals surface area contributed by atoms with Crippen molar-refractivity contribution >= 4 is 27.0 Å². The molecule has 1 aromatic carbocycles. The van der Waals surface area contributed by atoms with Crippen LogP contribution in [0, 0.1) is 6.92 Å². The van der Waals surface area contributed by atoms with Crippen LogP contribution in [0.1, 0.15) is 37.4 Å². The zero-order chi connectivity index (χ0) is 19.3. The van der Waals surface area contributed by atoms with Gasteiger partial charge in [-0.3, -0.25) is 4.79 Å². The Morgan fingerprint density at radius 3 is 2.71 bits per heavy atom. The molecule has 28 heavy (non-hydrogen) atoms. The molecule has 1 saturated carbocycles. The fraction of sp³-hybridized carbons (Fsp3) is 0.300. The van der Waals surface area contributed by atoms with Crippen molar-refractivity contribution in [2.75, 3.05) is 0 Å². The van der Waals surface area contributed by atoms with Gasteiger partial charge in [-0.2, -0.15) is 4.98 Å². The maximum absolute atomic E-state index is 12.7. The highest BCUT2D eigenvalue weighted by atomic mass is 79.9. The van der Waals surface area contributed by atoms with E-state index in [1.54, 1.807) is 19.1 Å². The van der Waals surface area contributed by atoms with Crippen LogP contribution in [0.4, 0.5) is 0 Å². The van der Waals surface area contributed by atoms with Crippen molar-refractivity contribution in [3.05, 3.63) is 51.0 Å². The molecule has 0 saturated heterocycles. The number of aryl methyl sites for hydroxylation is 1. The van der Waals surface area contributed by atoms with E-state index in [0.29, 0.717) is 27.8 Å². The number of hydrogen-bond acceptors (Lipinski definition) is 6. The van der Waals surface area contributed by atoms with Gasteiger partial charge in [-0.1, -0.05) is 18.0 Å². The van der Waals surface area contributed by atoms with Crippen LogP contribution in [-0.4, -0.2) is 19.7 Å². The molecule has 8 heteroatoms. The van der Waals surface area contributed by atoms with Crippen LogP contribution < -0.4 is 5.56 Å². The van der Waals surface area contributed by atoms with Gasteiger partial charge in [0.05, 0.1) is 11.0 Å². The maximum Gasteiger partial charge on any atom is 0.293 e. The van der Waals surface area contributed by atoms with E-state index in [9.17, 15) is 4.79 Å². The highest BCUT2D eigenvalue weighted by molar-refractivity contribution is 9.10. The van der Waals surface area contributed by atoms with Crippen LogP contribution in [-0.2, 0) is 0 Å². The lowest BCUT2D eigenvalue weighted by molar-refractivity contribution is 0.414. The molecule has 0 atom stereocenters. The molecule has 0 amide bonds. The van der Waals surface area contributed by atoms with Gasteiger partial charge in [-0.25, -0.2) is 4.98 Å². The van der Waals surface area contributed by atoms with E-state index in [0.717, 1.165) is 42.3 Å². The Hall–Kier alpha value is -2.74. The second-order valence-corrected chi connectivity index (χ2v) is 7.82. The van der Waals surface area contributed by atoms with Gasteiger partial charge in [-0.15, -0.1) is 0 Å². The molecular formula is C20H17BrN4O3. The van der Waals surface area contributed by atoms with Gasteiger partial charge in [0.2, 0.25) is 5.82 Å². The molecule has 5 rings (SSSR count). The van der Waals surface area contributed by atoms with Crippen LogP contribution in [0.2, 0.25) is 0 Å². The maximum atomic E-state index is 12.7. The first-order chi connectivity index (χ1) is 13.6. The number of benzene rings is 1. The van der Waals surface area contributed by atoms with Crippen LogP contribution in [0.5, 0.6) is 0 Å². The summed E-state index contributed by atoms with van der Waals surface area (Å²) in [7, 11) is 0. The Bertz CT molecular complexity index is 1230. The number of rotatable bonds is 3. The molecule has 7 nitrogen and oxygen atoms in total. The molecule has 1 aliphatic carbocycles. The minimum absolute atomic E-state index is 0.00241. The van der Waals surface area contributed by atoms with Gasteiger partial charge in [0.15, 0.2) is 10.4 Å². The lowest BCUT2D eigenvalue weighted by atomic mass is 10.1. The van der Waals surface area contributed by atoms with E-state index in [-0.39, 0.29) is 11.6 Å². The number of halogens is 1. The van der Waals surface area contributed by atoms with Gasteiger partial charge in [0.25, 0.3) is 11.4 Å². The van der Waals surface area contributed by atoms with E-state index in [2.05, 4.69) is 31.1 Å². The minimum atomic E-state index is -0.00241. The summed E-state index contributed by atoms with van der Waals surface area (Å²) in [6, 6.07) is 9.50. The third-order valence-electron chi connectivity index (χ3n) is 5.21. The Labute approximate surface area is 168 Å². The summed E-state index contributed by atoms with van der Waals surface area (Å²) >= 11 is 3.26. The molecule has 0 bridgehead atoms. The third kappa shape index (κ3) is 2.88. The predicted molar refractivity (Wildman–Crippen MR) is 107 cm³/mol. The monoisotopic (exact) mass is 440 g/mol. The van der Waals surface area contributed by atoms with Crippen molar-refractivity contribution in [2.45, 2.75) is 38.6 Å². The molecule has 0 unspecified atom stereocenters. The smallest absolute Gasteiger partial charge is 0.293 e. The summed E-state index contributed by atoms with van der Waals surface area (Å²) in [5, 5.41) is 4.06. The van der Waals surface area contributed by atoms with E-state index >= 15 is 0 Å². The summed E-state index contributed by atoms with van der Waals surface area (Å²) in [5.74, 6) is 1.25. The van der Waals surface area contributed by atoms with Crippen molar-refractivity contribution < 1.29 is 8.94 Å². The van der Waals surface area contributed by atoms with Crippen LogP contribution in [0.25, 0.3) is 34.1 Å². The first kappa shape index (κ1) is 17.4. The molecule has 0 spiro atoms. The largest absolute Gasteiger partial charge is 0.444 e. The van der Waals surface area contributed by atoms with Crippen LogP contribution in [0.3, 0.4) is 0 Å². The fourth-order valence-corrected chi connectivity index (χ4v) is 4.17. The number of furan rings is 1. The third-order valence-corrected chi connectivity index (χ3v) is 5.64. The second kappa shape index (κ2) is 6.70. The van der Waals surface area contributed by atoms with Crippen molar-refractivity contribution in [3.63, 3.8) is 0 Å². The topological polar surface area (TPSA) is 86.9 Å². The first-order valence-corrected chi connectivity index (χ1v) is 10.0. The second-order valence-electron chi connectivity index (χ2n) is 7.04. The van der Waals surface area contributed by atoms with Crippen molar-refractivity contribution in [2.24, 2.45) is 0 Å². The highest BCUT2D eigenvalue weighted by Gasteiger charge is 2.22. The molecule has 3 aromatic heterocycles. The normalized spacial score (nSPS) is 14.9. The van der Waals surface area contributed by atoms with E-state index < -0.39 is 0 Å². The van der Waals surface area contributed by atoms with Crippen molar-refractivity contribution in [1.29, 1.82) is 0 Å². The van der Waals surface area contributed by atoms with E-state index in [1.165, 1.54) is 0 Å². The van der Waals surface area contributed by atoms with Crippen molar-refractivity contribution in [3.8, 4) is 23.0 Å². The van der Waals surface area contributed by atoms with Gasteiger partial charge in [0, 0.05) is 11.6 Å². The Balaban J connectivity index is 1.60. The average Bonchev–Trinajstić information content (AvgIpc) is 3.43. The van der Waals surface area contributed by atoms with Gasteiger partial charge in [0.1, 0.15) is 5.69 Å². The van der Waals surface area contributed by atoms with Gasteiger partial charge < -0.3 is 13.5 Å². The summed E-state index contributed by atoms with van der Waals surface area (Å²) in [5.41, 5.74) is 2.89. The fourth-order valence-electron chi connectivity index (χ4n) is 3.86. The van der Waals surface area contributed by atoms with Crippen LogP contribution in [0.15, 0.2) is 48.7 Å². The molecule has 0 radical (unpaired) electrons. The minimum Gasteiger partial charge on any atom is -0.444 e. The quantitative estimate of drug-likeness (QED) is 0.450. The van der Waals surface area contributed by atoms with Gasteiger partial charge >= 0.3 is 0 Å². The van der Waals surface area contributed by atoms with Crippen LogP contribution >= 0.6 is 15.9 Å². The SMILES string of the molecule is Cc1nc2cc(-c3noc(-c4ccc(Br)o4)n3)ccc2n(C2CCCC2)c1=O. The molecule has 1 fully saturated rings. The predicted octanol–water partition coefficient (Wildman–Crippen LogP) is 4.89. The molecule has 1 aliphatic rings. The molecule has 0 N–H and O–H groups in total. The Morgan fingerprint density at radius 1 is 1.14 bits per heavy atom. The standard InChI is InChI=1S/C20H17BrN4O3/c1-11-20(26)25(13-4-2-3-5-13)15-7-6-12(10-14(15)22-11)18-23-19(28-24-18)16-8-9-17(21)27-16/h6-10,13H,2-5H2,1H3. The summed E-state index contributed by atoms with van der Waals surface area (Å²) in [4.78, 5) is 21.7. The summed E-state index contributed by atoms with van der Waals surface area (Å²) in [6.07, 6.45) is 4.39. The van der Waals surface area contributed by atoms with Gasteiger partial charge in [-0.05, 0) is 66.0 Å². The average molecular weight is 441 g/mol. The number of fused-ring (bicyclic) bond motifs is 1. The zero-order valence-corrected chi connectivity index (χ0v) is 16.8. The molecule has 142 valence electrons. The Kier molecular flexibility index (Phi) is 4.16. The van der Waals surface area contributed by atoms with Crippen molar-refractivity contribution in [1.82, 2.24) is 19.7 Å². The number of nitrogens with zero attached hydrogens (tertiary/aromatic N) is 4. The highest BCUT2D eigenvalue weighted by Crippen LogP contribution is 2.32. The zero-order valence-electron chi connectivity index (χ0n) is 15.2. The van der Waals surface area contributed by atoms with E-state index in [1.807, 2.05) is 22.8 Å².